The van der Waals surface area contributed by atoms with Crippen LogP contribution in [0.3, 0.4) is 0 Å². The highest BCUT2D eigenvalue weighted by Gasteiger charge is 2.28. The molecule has 4 aromatic rings. The summed E-state index contributed by atoms with van der Waals surface area (Å²) in [4.78, 5) is 0. The zero-order valence-electron chi connectivity index (χ0n) is 37.1. The lowest BCUT2D eigenvalue weighted by Gasteiger charge is -2.28. The number of hydrogen-bond acceptors (Lipinski definition) is 6. The minimum absolute atomic E-state index is 0.145. The zero-order valence-corrected chi connectivity index (χ0v) is 37.1. The molecule has 0 fully saturated rings. The molecule has 1 aliphatic carbocycles. The van der Waals surface area contributed by atoms with Gasteiger partial charge in [-0.05, 0) is 108 Å². The van der Waals surface area contributed by atoms with Crippen LogP contribution in [0.4, 0.5) is 0 Å². The summed E-state index contributed by atoms with van der Waals surface area (Å²) in [6.45, 7) is 31.2. The van der Waals surface area contributed by atoms with E-state index in [0.717, 1.165) is 75.5 Å². The lowest BCUT2D eigenvalue weighted by Crippen LogP contribution is -2.28. The van der Waals surface area contributed by atoms with Crippen LogP contribution in [0.25, 0.3) is 0 Å². The Balaban J connectivity index is 1.74. The van der Waals surface area contributed by atoms with E-state index in [4.69, 9.17) is 9.47 Å². The zero-order chi connectivity index (χ0) is 41.5. The van der Waals surface area contributed by atoms with Gasteiger partial charge in [-0.1, -0.05) is 132 Å². The predicted octanol–water partition coefficient (Wildman–Crippen LogP) is 10.3. The number of ether oxygens (including phenoxy) is 2. The van der Waals surface area contributed by atoms with Crippen LogP contribution < -0.4 is 20.1 Å². The average molecular weight is 775 g/mol. The number of aromatic hydroxyl groups is 2. The lowest BCUT2D eigenvalue weighted by molar-refractivity contribution is 0.303. The third-order valence-electron chi connectivity index (χ3n) is 11.8. The average Bonchev–Trinajstić information content (AvgIpc) is 3.09. The molecular weight excluding hydrogens is 705 g/mol. The molecule has 0 amide bonds. The van der Waals surface area contributed by atoms with E-state index in [1.807, 2.05) is 0 Å². The van der Waals surface area contributed by atoms with Crippen LogP contribution in [-0.2, 0) is 47.3 Å². The lowest BCUT2D eigenvalue weighted by atomic mass is 9.79. The fraction of sp³-hybridized carbons (Fsp3) is 0.529. The van der Waals surface area contributed by atoms with E-state index in [1.54, 1.807) is 0 Å². The third kappa shape index (κ3) is 10.0. The topological polar surface area (TPSA) is 83.0 Å². The van der Waals surface area contributed by atoms with Crippen molar-refractivity contribution < 1.29 is 19.7 Å². The Morgan fingerprint density at radius 1 is 0.386 bits per heavy atom. The van der Waals surface area contributed by atoms with Crippen molar-refractivity contribution in [1.29, 1.82) is 0 Å². The van der Waals surface area contributed by atoms with Gasteiger partial charge in [-0.2, -0.15) is 0 Å². The number of benzene rings is 4. The highest BCUT2D eigenvalue weighted by molar-refractivity contribution is 5.59. The van der Waals surface area contributed by atoms with Crippen LogP contribution in [0.5, 0.6) is 23.0 Å². The molecule has 1 heterocycles. The standard InChI is InChI=1S/C51H70N2O4/c1-48(2,3)40-24-32-20-36-28-42(50(7,8)9)30-38-22-34-26-41(49(4,5)6)27-35(45(34)55)23-39-31-43(51(10,11)12)29-37(21-33(25-40)44(32)54)47(39)57-19-17-53-15-13-14-52-16-18-56-46(36)38/h24-31,52-55H,13-23H2,1-12H3. The van der Waals surface area contributed by atoms with Gasteiger partial charge in [0.1, 0.15) is 36.2 Å². The molecule has 0 saturated heterocycles. The number of hydrogen-bond donors (Lipinski definition) is 4. The summed E-state index contributed by atoms with van der Waals surface area (Å²) in [6.07, 6.45) is 3.02. The molecule has 57 heavy (non-hydrogen) atoms. The van der Waals surface area contributed by atoms with Crippen molar-refractivity contribution in [3.63, 3.8) is 0 Å². The molecule has 0 unspecified atom stereocenters. The van der Waals surface area contributed by atoms with Crippen LogP contribution in [0, 0.1) is 0 Å². The number of phenols is 2. The van der Waals surface area contributed by atoms with Gasteiger partial charge in [0.15, 0.2) is 0 Å². The van der Waals surface area contributed by atoms with Crippen LogP contribution in [-0.4, -0.2) is 49.6 Å². The molecule has 6 heteroatoms. The summed E-state index contributed by atoms with van der Waals surface area (Å²) in [5, 5.41) is 32.0. The number of rotatable bonds is 0. The van der Waals surface area contributed by atoms with E-state index in [2.05, 4.69) is 142 Å². The van der Waals surface area contributed by atoms with E-state index in [-0.39, 0.29) is 21.7 Å². The van der Waals surface area contributed by atoms with Gasteiger partial charge < -0.3 is 30.3 Å². The van der Waals surface area contributed by atoms with Gasteiger partial charge in [0.25, 0.3) is 0 Å². The van der Waals surface area contributed by atoms with Crippen LogP contribution in [0.1, 0.15) is 156 Å². The Morgan fingerprint density at radius 2 is 0.632 bits per heavy atom. The molecule has 1 aliphatic heterocycles. The van der Waals surface area contributed by atoms with Crippen molar-refractivity contribution in [3.05, 3.63) is 115 Å². The van der Waals surface area contributed by atoms with E-state index in [0.29, 0.717) is 63.5 Å². The van der Waals surface area contributed by atoms with Crippen molar-refractivity contribution in [2.45, 2.75) is 137 Å². The highest BCUT2D eigenvalue weighted by atomic mass is 16.5. The molecular formula is C51H70N2O4. The molecule has 0 saturated carbocycles. The molecule has 4 N–H and O–H groups in total. The molecule has 6 rings (SSSR count). The largest absolute Gasteiger partial charge is 0.507 e. The van der Waals surface area contributed by atoms with E-state index < -0.39 is 0 Å². The van der Waals surface area contributed by atoms with Gasteiger partial charge >= 0.3 is 0 Å². The van der Waals surface area contributed by atoms with Gasteiger partial charge in [-0.25, -0.2) is 0 Å². The maximum atomic E-state index is 12.4. The molecule has 2 aliphatic rings. The van der Waals surface area contributed by atoms with Crippen molar-refractivity contribution in [1.82, 2.24) is 10.6 Å². The normalized spacial score (nSPS) is 16.3. The summed E-state index contributed by atoms with van der Waals surface area (Å²) < 4.78 is 13.7. The summed E-state index contributed by atoms with van der Waals surface area (Å²) in [5.74, 6) is 2.33. The fourth-order valence-electron chi connectivity index (χ4n) is 8.06. The van der Waals surface area contributed by atoms with Crippen LogP contribution in [0.15, 0.2) is 48.5 Å². The minimum Gasteiger partial charge on any atom is -0.507 e. The second-order valence-electron chi connectivity index (χ2n) is 20.8. The Hall–Kier alpha value is -4.00. The molecule has 6 nitrogen and oxygen atoms in total. The first-order valence-corrected chi connectivity index (χ1v) is 21.3. The molecule has 10 bridgehead atoms. The van der Waals surface area contributed by atoms with Crippen molar-refractivity contribution in [3.8, 4) is 23.0 Å². The second-order valence-corrected chi connectivity index (χ2v) is 20.8. The van der Waals surface area contributed by atoms with Gasteiger partial charge in [-0.3, -0.25) is 0 Å². The van der Waals surface area contributed by atoms with Crippen LogP contribution in [0.2, 0.25) is 0 Å². The molecule has 308 valence electrons. The molecule has 0 atom stereocenters. The molecule has 4 aromatic carbocycles. The maximum absolute atomic E-state index is 12.4. The first-order chi connectivity index (χ1) is 26.6. The Morgan fingerprint density at radius 3 is 0.877 bits per heavy atom. The number of phenolic OH excluding ortho intramolecular Hbond substituents is 2. The minimum atomic E-state index is -0.149. The van der Waals surface area contributed by atoms with E-state index in [9.17, 15) is 10.2 Å². The van der Waals surface area contributed by atoms with E-state index in [1.165, 1.54) is 22.3 Å². The Kier molecular flexibility index (Phi) is 12.2. The SMILES string of the molecule is CC(C)(C)c1cc2c(O)c(c1)Cc1cc(C(C)(C)C)cc3c1OCCNCCCNCCOc1c(cc(C(C)(C)C)cc1Cc1cc(C(C)(C)C)cc(c1O)C3)C2. The van der Waals surface area contributed by atoms with Gasteiger partial charge in [0, 0.05) is 38.8 Å². The highest BCUT2D eigenvalue weighted by Crippen LogP contribution is 2.43. The Bertz CT molecular complexity index is 1840. The molecule has 0 spiro atoms. The monoisotopic (exact) mass is 775 g/mol. The summed E-state index contributed by atoms with van der Waals surface area (Å²) in [6, 6.07) is 18.0. The van der Waals surface area contributed by atoms with E-state index >= 15 is 0 Å². The second kappa shape index (κ2) is 16.3. The maximum Gasteiger partial charge on any atom is 0.126 e. The summed E-state index contributed by atoms with van der Waals surface area (Å²) in [7, 11) is 0. The Labute approximate surface area is 343 Å². The summed E-state index contributed by atoms with van der Waals surface area (Å²) >= 11 is 0. The quantitative estimate of drug-likeness (QED) is 0.125. The first kappa shape index (κ1) is 42.6. The number of fused-ring (bicyclic) bond motifs is 2. The molecule has 0 aromatic heterocycles. The van der Waals surface area contributed by atoms with Crippen molar-refractivity contribution in [2.24, 2.45) is 0 Å². The van der Waals surface area contributed by atoms with Crippen molar-refractivity contribution in [2.75, 3.05) is 39.4 Å². The number of nitrogens with one attached hydrogen (secondary N) is 2. The first-order valence-electron chi connectivity index (χ1n) is 21.3. The fourth-order valence-corrected chi connectivity index (χ4v) is 8.06. The van der Waals surface area contributed by atoms with Crippen LogP contribution >= 0.6 is 0 Å². The van der Waals surface area contributed by atoms with Gasteiger partial charge in [-0.15, -0.1) is 0 Å². The van der Waals surface area contributed by atoms with Gasteiger partial charge in [0.2, 0.25) is 0 Å². The van der Waals surface area contributed by atoms with Crippen molar-refractivity contribution >= 4 is 0 Å². The smallest absolute Gasteiger partial charge is 0.126 e. The predicted molar refractivity (Wildman–Crippen MR) is 236 cm³/mol. The molecule has 0 radical (unpaired) electrons. The summed E-state index contributed by atoms with van der Waals surface area (Å²) in [5.41, 5.74) is 11.9. The van der Waals surface area contributed by atoms with Gasteiger partial charge in [0.05, 0.1) is 0 Å². The third-order valence-corrected chi connectivity index (χ3v) is 11.8.